The molecule has 0 saturated carbocycles. The van der Waals surface area contributed by atoms with Gasteiger partial charge in [0.2, 0.25) is 0 Å². The molecule has 188 valence electrons. The number of nitrogens with zero attached hydrogens (tertiary/aromatic N) is 3. The Morgan fingerprint density at radius 2 is 1.74 bits per heavy atom. The van der Waals surface area contributed by atoms with Crippen LogP contribution in [-0.4, -0.2) is 66.7 Å². The fraction of sp³-hybridized carbons (Fsp3) is 0.391. The van der Waals surface area contributed by atoms with Crippen LogP contribution in [0, 0.1) is 0 Å². The summed E-state index contributed by atoms with van der Waals surface area (Å²) in [6.45, 7) is 5.78. The Balaban J connectivity index is 1.79. The summed E-state index contributed by atoms with van der Waals surface area (Å²) in [5, 5.41) is 0.631. The number of aromatic amines is 1. The Kier molecular flexibility index (Phi) is 7.94. The van der Waals surface area contributed by atoms with Crippen molar-refractivity contribution in [2.45, 2.75) is 24.9 Å². The minimum absolute atomic E-state index is 0.0562. The van der Waals surface area contributed by atoms with Gasteiger partial charge >= 0.3 is 5.69 Å². The molecule has 1 N–H and O–H groups in total. The molecular weight excluding hydrogens is 624 g/mol. The van der Waals surface area contributed by atoms with Crippen LogP contribution in [0.15, 0.2) is 47.7 Å². The van der Waals surface area contributed by atoms with E-state index in [0.29, 0.717) is 26.9 Å². The van der Waals surface area contributed by atoms with Gasteiger partial charge in [-0.15, -0.1) is 0 Å². The van der Waals surface area contributed by atoms with E-state index in [2.05, 4.69) is 53.7 Å². The largest absolute Gasteiger partial charge is 0.329 e. The first kappa shape index (κ1) is 26.6. The Hall–Kier alpha value is -1.50. The highest BCUT2D eigenvalue weighted by atomic mass is 79.9. The molecule has 4 rings (SSSR count). The number of aromatic nitrogens is 2. The fourth-order valence-corrected chi connectivity index (χ4v) is 6.96. The first-order chi connectivity index (χ1) is 16.5. The van der Waals surface area contributed by atoms with E-state index in [1.165, 1.54) is 25.1 Å². The van der Waals surface area contributed by atoms with E-state index in [1.807, 2.05) is 0 Å². The lowest BCUT2D eigenvalue weighted by molar-refractivity contribution is 0.148. The summed E-state index contributed by atoms with van der Waals surface area (Å²) < 4.78 is 27.6. The normalized spacial score (nSPS) is 15.7. The molecule has 35 heavy (non-hydrogen) atoms. The minimum atomic E-state index is -3.58. The predicted molar refractivity (Wildman–Crippen MR) is 145 cm³/mol. The van der Waals surface area contributed by atoms with Gasteiger partial charge in [-0.25, -0.2) is 13.2 Å². The number of H-pyrrole nitrogens is 1. The second kappa shape index (κ2) is 10.5. The zero-order chi connectivity index (χ0) is 25.5. The number of halogens is 3. The van der Waals surface area contributed by atoms with Gasteiger partial charge in [-0.1, -0.05) is 34.5 Å². The Labute approximate surface area is 225 Å². The Bertz CT molecular complexity index is 1510. The molecule has 1 aliphatic heterocycles. The molecule has 12 heteroatoms. The molecular formula is C23H25Br2ClN4O4S. The quantitative estimate of drug-likeness (QED) is 0.440. The van der Waals surface area contributed by atoms with Gasteiger partial charge in [0.25, 0.3) is 5.56 Å². The van der Waals surface area contributed by atoms with Crippen molar-refractivity contribution >= 4 is 64.2 Å². The molecule has 0 spiro atoms. The zero-order valence-electron chi connectivity index (χ0n) is 19.3. The molecule has 0 bridgehead atoms. The van der Waals surface area contributed by atoms with Gasteiger partial charge in [-0.3, -0.25) is 14.3 Å². The summed E-state index contributed by atoms with van der Waals surface area (Å²) in [4.78, 5) is 33.9. The van der Waals surface area contributed by atoms with Crippen molar-refractivity contribution in [3.05, 3.63) is 70.2 Å². The molecule has 0 aliphatic carbocycles. The molecule has 0 atom stereocenters. The van der Waals surface area contributed by atoms with Crippen LogP contribution in [0.3, 0.4) is 0 Å². The van der Waals surface area contributed by atoms with Crippen LogP contribution in [0.1, 0.15) is 18.1 Å². The molecule has 1 fully saturated rings. The number of likely N-dealkylation sites (N-methyl/N-ethyl adjacent to an activating group) is 1. The highest BCUT2D eigenvalue weighted by molar-refractivity contribution is 9.11. The molecule has 0 unspecified atom stereocenters. The predicted octanol–water partition coefficient (Wildman–Crippen LogP) is 3.46. The SMILES string of the molecule is CCS(=O)(=O)c1ccc(Cl)cc1Cn1c(=O)[nH]c2c(Br)c(CN3CCN(C)CC3)c(Br)cc2c1=O. The van der Waals surface area contributed by atoms with Crippen molar-refractivity contribution in [1.82, 2.24) is 19.4 Å². The van der Waals surface area contributed by atoms with Crippen LogP contribution in [-0.2, 0) is 22.9 Å². The van der Waals surface area contributed by atoms with E-state index >= 15 is 0 Å². The summed E-state index contributed by atoms with van der Waals surface area (Å²) in [5.74, 6) is -0.111. The molecule has 0 radical (unpaired) electrons. The number of rotatable bonds is 6. The van der Waals surface area contributed by atoms with E-state index in [-0.39, 0.29) is 22.8 Å². The summed E-state index contributed by atoms with van der Waals surface area (Å²) >= 11 is 13.3. The van der Waals surface area contributed by atoms with Crippen LogP contribution in [0.4, 0.5) is 0 Å². The van der Waals surface area contributed by atoms with Crippen LogP contribution < -0.4 is 11.2 Å². The van der Waals surface area contributed by atoms with Crippen LogP contribution in [0.5, 0.6) is 0 Å². The van der Waals surface area contributed by atoms with Crippen molar-refractivity contribution in [3.8, 4) is 0 Å². The van der Waals surface area contributed by atoms with Crippen LogP contribution in [0.2, 0.25) is 5.02 Å². The lowest BCUT2D eigenvalue weighted by Gasteiger charge is -2.32. The molecule has 2 heterocycles. The topological polar surface area (TPSA) is 95.5 Å². The zero-order valence-corrected chi connectivity index (χ0v) is 24.0. The van der Waals surface area contributed by atoms with E-state index in [9.17, 15) is 18.0 Å². The third kappa shape index (κ3) is 5.45. The molecule has 1 saturated heterocycles. The Morgan fingerprint density at radius 3 is 2.40 bits per heavy atom. The number of hydrogen-bond donors (Lipinski definition) is 1. The van der Waals surface area contributed by atoms with Gasteiger partial charge < -0.3 is 9.88 Å². The number of piperazine rings is 1. The minimum Gasteiger partial charge on any atom is -0.306 e. The molecule has 3 aromatic rings. The van der Waals surface area contributed by atoms with Gasteiger partial charge in [0.1, 0.15) is 0 Å². The van der Waals surface area contributed by atoms with E-state index < -0.39 is 21.1 Å². The maximum atomic E-state index is 13.4. The summed E-state index contributed by atoms with van der Waals surface area (Å²) in [6.07, 6.45) is 0. The van der Waals surface area contributed by atoms with E-state index in [4.69, 9.17) is 11.6 Å². The standard InChI is InChI=1S/C23H25Br2ClN4O4S/c1-3-35(33,34)19-5-4-15(26)10-14(19)12-30-22(31)16-11-18(24)17(20(25)21(16)27-23(30)32)13-29-8-6-28(2)7-9-29/h4-5,10-11H,3,6-9,12-13H2,1-2H3,(H,27,32). The number of sulfone groups is 1. The van der Waals surface area contributed by atoms with Crippen molar-refractivity contribution < 1.29 is 8.42 Å². The number of fused-ring (bicyclic) bond motifs is 1. The Morgan fingerprint density at radius 1 is 1.06 bits per heavy atom. The summed E-state index contributed by atoms with van der Waals surface area (Å²) in [6, 6.07) is 6.08. The monoisotopic (exact) mass is 646 g/mol. The number of nitrogens with one attached hydrogen (secondary N) is 1. The highest BCUT2D eigenvalue weighted by Gasteiger charge is 2.22. The van der Waals surface area contributed by atoms with Gasteiger partial charge in [-0.2, -0.15) is 0 Å². The van der Waals surface area contributed by atoms with Gasteiger partial charge in [0.05, 0.1) is 28.1 Å². The average molecular weight is 649 g/mol. The van der Waals surface area contributed by atoms with Gasteiger partial charge in [-0.05, 0) is 58.4 Å². The van der Waals surface area contributed by atoms with Crippen molar-refractivity contribution in [3.63, 3.8) is 0 Å². The number of hydrogen-bond acceptors (Lipinski definition) is 6. The van der Waals surface area contributed by atoms with Crippen LogP contribution >= 0.6 is 43.5 Å². The van der Waals surface area contributed by atoms with Gasteiger partial charge in [0.15, 0.2) is 9.84 Å². The lowest BCUT2D eigenvalue weighted by atomic mass is 10.1. The second-order valence-electron chi connectivity index (χ2n) is 8.63. The van der Waals surface area contributed by atoms with Crippen molar-refractivity contribution in [2.75, 3.05) is 39.0 Å². The molecule has 8 nitrogen and oxygen atoms in total. The third-order valence-electron chi connectivity index (χ3n) is 6.31. The highest BCUT2D eigenvalue weighted by Crippen LogP contribution is 2.32. The maximum absolute atomic E-state index is 13.4. The third-order valence-corrected chi connectivity index (χ3v) is 9.96. The average Bonchev–Trinajstić information content (AvgIpc) is 2.81. The van der Waals surface area contributed by atoms with Gasteiger partial charge in [0, 0.05) is 46.7 Å². The van der Waals surface area contributed by atoms with Crippen molar-refractivity contribution in [2.24, 2.45) is 0 Å². The molecule has 1 aliphatic rings. The number of benzene rings is 2. The lowest BCUT2D eigenvalue weighted by Crippen LogP contribution is -2.44. The van der Waals surface area contributed by atoms with Crippen molar-refractivity contribution in [1.29, 1.82) is 0 Å². The summed E-state index contributed by atoms with van der Waals surface area (Å²) in [7, 11) is -1.48. The van der Waals surface area contributed by atoms with Crippen LogP contribution in [0.25, 0.3) is 10.9 Å². The fourth-order valence-electron chi connectivity index (χ4n) is 4.18. The summed E-state index contributed by atoms with van der Waals surface area (Å²) in [5.41, 5.74) is 0.500. The van der Waals surface area contributed by atoms with E-state index in [1.54, 1.807) is 6.07 Å². The second-order valence-corrected chi connectivity index (χ2v) is 13.0. The smallest absolute Gasteiger partial charge is 0.306 e. The first-order valence-electron chi connectivity index (χ1n) is 11.1. The molecule has 1 aromatic heterocycles. The maximum Gasteiger partial charge on any atom is 0.329 e. The molecule has 2 aromatic carbocycles. The van der Waals surface area contributed by atoms with E-state index in [0.717, 1.165) is 40.8 Å². The first-order valence-corrected chi connectivity index (χ1v) is 14.7. The molecule has 0 amide bonds.